The van der Waals surface area contributed by atoms with Crippen molar-refractivity contribution in [2.24, 2.45) is 5.92 Å². The smallest absolute Gasteiger partial charge is 0.123 e. The second-order valence-corrected chi connectivity index (χ2v) is 5.68. The molecule has 0 amide bonds. The zero-order chi connectivity index (χ0) is 15.1. The lowest BCUT2D eigenvalue weighted by atomic mass is 10.0. The molecule has 1 atom stereocenters. The first-order chi connectivity index (χ1) is 10.2. The molecule has 0 aliphatic carbocycles. The molecule has 1 saturated heterocycles. The summed E-state index contributed by atoms with van der Waals surface area (Å²) in [6.45, 7) is 5.31. The van der Waals surface area contributed by atoms with Crippen LogP contribution >= 0.6 is 0 Å². The van der Waals surface area contributed by atoms with E-state index in [4.69, 9.17) is 14.2 Å². The van der Waals surface area contributed by atoms with Crippen molar-refractivity contribution in [3.63, 3.8) is 0 Å². The monoisotopic (exact) mass is 293 g/mol. The lowest BCUT2D eigenvalue weighted by Crippen LogP contribution is -2.26. The number of aryl methyl sites for hydroxylation is 1. The van der Waals surface area contributed by atoms with Gasteiger partial charge < -0.3 is 19.5 Å². The molecule has 21 heavy (non-hydrogen) atoms. The van der Waals surface area contributed by atoms with E-state index in [1.165, 1.54) is 5.56 Å². The van der Waals surface area contributed by atoms with Gasteiger partial charge >= 0.3 is 0 Å². The normalized spacial score (nSPS) is 17.7. The fourth-order valence-electron chi connectivity index (χ4n) is 2.72. The van der Waals surface area contributed by atoms with E-state index in [9.17, 15) is 0 Å². The zero-order valence-corrected chi connectivity index (χ0v) is 13.4. The molecular weight excluding hydrogens is 266 g/mol. The van der Waals surface area contributed by atoms with Gasteiger partial charge in [-0.05, 0) is 38.8 Å². The van der Waals surface area contributed by atoms with Gasteiger partial charge in [-0.2, -0.15) is 0 Å². The fraction of sp³-hybridized carbons (Fsp3) is 0.647. The third-order valence-electron chi connectivity index (χ3n) is 4.09. The van der Waals surface area contributed by atoms with E-state index in [-0.39, 0.29) is 6.04 Å². The minimum atomic E-state index is 0.152. The second-order valence-electron chi connectivity index (χ2n) is 5.68. The average molecular weight is 293 g/mol. The standard InChI is InChI=1S/C17H27NO3/c1-13-4-5-17(19-3)15(10-13)16(18-2)12-21-11-14-6-8-20-9-7-14/h4-5,10,14,16,18H,6-9,11-12H2,1-3H3. The van der Waals surface area contributed by atoms with E-state index in [1.54, 1.807) is 7.11 Å². The van der Waals surface area contributed by atoms with Gasteiger partial charge in [-0.15, -0.1) is 0 Å². The molecule has 1 aromatic rings. The highest BCUT2D eigenvalue weighted by Gasteiger charge is 2.17. The summed E-state index contributed by atoms with van der Waals surface area (Å²) >= 11 is 0. The van der Waals surface area contributed by atoms with Gasteiger partial charge in [0, 0.05) is 25.4 Å². The number of ether oxygens (including phenoxy) is 3. The van der Waals surface area contributed by atoms with E-state index >= 15 is 0 Å². The summed E-state index contributed by atoms with van der Waals surface area (Å²) < 4.78 is 16.8. The van der Waals surface area contributed by atoms with Crippen molar-refractivity contribution in [3.8, 4) is 5.75 Å². The van der Waals surface area contributed by atoms with E-state index < -0.39 is 0 Å². The highest BCUT2D eigenvalue weighted by atomic mass is 16.5. The van der Waals surface area contributed by atoms with Gasteiger partial charge in [0.15, 0.2) is 0 Å². The average Bonchev–Trinajstić information content (AvgIpc) is 2.52. The van der Waals surface area contributed by atoms with Crippen LogP contribution in [0, 0.1) is 12.8 Å². The maximum atomic E-state index is 5.95. The van der Waals surface area contributed by atoms with Crippen LogP contribution in [-0.2, 0) is 9.47 Å². The predicted molar refractivity (Wildman–Crippen MR) is 83.9 cm³/mol. The van der Waals surface area contributed by atoms with Crippen LogP contribution in [-0.4, -0.2) is 40.6 Å². The van der Waals surface area contributed by atoms with Crippen LogP contribution in [0.15, 0.2) is 18.2 Å². The molecule has 0 saturated carbocycles. The fourth-order valence-corrected chi connectivity index (χ4v) is 2.72. The molecule has 0 aromatic heterocycles. The minimum Gasteiger partial charge on any atom is -0.496 e. The molecule has 2 rings (SSSR count). The van der Waals surface area contributed by atoms with Gasteiger partial charge in [-0.1, -0.05) is 17.7 Å². The Hall–Kier alpha value is -1.10. The van der Waals surface area contributed by atoms with Gasteiger partial charge in [-0.25, -0.2) is 0 Å². The van der Waals surface area contributed by atoms with Crippen molar-refractivity contribution < 1.29 is 14.2 Å². The molecule has 1 fully saturated rings. The highest BCUT2D eigenvalue weighted by molar-refractivity contribution is 5.39. The van der Waals surface area contributed by atoms with Crippen molar-refractivity contribution >= 4 is 0 Å². The van der Waals surface area contributed by atoms with Crippen LogP contribution in [0.2, 0.25) is 0 Å². The Balaban J connectivity index is 1.91. The van der Waals surface area contributed by atoms with Crippen molar-refractivity contribution in [2.75, 3.05) is 40.6 Å². The Labute approximate surface area is 127 Å². The summed E-state index contributed by atoms with van der Waals surface area (Å²) in [6, 6.07) is 6.41. The number of hydrogen-bond acceptors (Lipinski definition) is 4. The topological polar surface area (TPSA) is 39.7 Å². The molecule has 1 aromatic carbocycles. The highest BCUT2D eigenvalue weighted by Crippen LogP contribution is 2.26. The number of methoxy groups -OCH3 is 1. The minimum absolute atomic E-state index is 0.152. The summed E-state index contributed by atoms with van der Waals surface area (Å²) in [4.78, 5) is 0. The third kappa shape index (κ3) is 4.70. The first-order valence-corrected chi connectivity index (χ1v) is 7.72. The molecule has 4 heteroatoms. The van der Waals surface area contributed by atoms with Crippen molar-refractivity contribution in [3.05, 3.63) is 29.3 Å². The van der Waals surface area contributed by atoms with Crippen LogP contribution in [0.25, 0.3) is 0 Å². The molecule has 1 aliphatic heterocycles. The number of rotatable bonds is 7. The lowest BCUT2D eigenvalue weighted by Gasteiger charge is -2.24. The summed E-state index contributed by atoms with van der Waals surface area (Å²) in [5.41, 5.74) is 2.39. The Morgan fingerprint density at radius 3 is 2.76 bits per heavy atom. The molecule has 4 nitrogen and oxygen atoms in total. The van der Waals surface area contributed by atoms with Gasteiger partial charge in [0.2, 0.25) is 0 Å². The molecule has 1 N–H and O–H groups in total. The van der Waals surface area contributed by atoms with Crippen LogP contribution < -0.4 is 10.1 Å². The van der Waals surface area contributed by atoms with Gasteiger partial charge in [0.25, 0.3) is 0 Å². The van der Waals surface area contributed by atoms with E-state index in [0.29, 0.717) is 12.5 Å². The molecule has 1 aliphatic rings. The van der Waals surface area contributed by atoms with Crippen molar-refractivity contribution in [1.29, 1.82) is 0 Å². The lowest BCUT2D eigenvalue weighted by molar-refractivity contribution is 0.0155. The van der Waals surface area contributed by atoms with Crippen LogP contribution in [0.5, 0.6) is 5.75 Å². The van der Waals surface area contributed by atoms with E-state index in [0.717, 1.165) is 44.0 Å². The summed E-state index contributed by atoms with van der Waals surface area (Å²) in [6.07, 6.45) is 2.22. The molecular formula is C17H27NO3. The predicted octanol–water partition coefficient (Wildman–Crippen LogP) is 2.71. The van der Waals surface area contributed by atoms with Gasteiger partial charge in [0.05, 0.1) is 19.8 Å². The van der Waals surface area contributed by atoms with Crippen molar-refractivity contribution in [2.45, 2.75) is 25.8 Å². The Bertz CT molecular complexity index is 430. The first kappa shape index (κ1) is 16.3. The number of benzene rings is 1. The SMILES string of the molecule is CNC(COCC1CCOCC1)c1cc(C)ccc1OC. The molecule has 0 radical (unpaired) electrons. The number of nitrogens with one attached hydrogen (secondary N) is 1. The number of likely N-dealkylation sites (N-methyl/N-ethyl adjacent to an activating group) is 1. The van der Waals surface area contributed by atoms with Crippen LogP contribution in [0.3, 0.4) is 0 Å². The Kier molecular flexibility index (Phi) is 6.49. The van der Waals surface area contributed by atoms with E-state index in [1.807, 2.05) is 13.1 Å². The zero-order valence-electron chi connectivity index (χ0n) is 13.4. The molecule has 0 bridgehead atoms. The Morgan fingerprint density at radius 2 is 2.10 bits per heavy atom. The van der Waals surface area contributed by atoms with E-state index in [2.05, 4.69) is 24.4 Å². The van der Waals surface area contributed by atoms with Gasteiger partial charge in [0.1, 0.15) is 5.75 Å². The molecule has 118 valence electrons. The summed E-state index contributed by atoms with van der Waals surface area (Å²) in [7, 11) is 3.67. The summed E-state index contributed by atoms with van der Waals surface area (Å²) in [5, 5.41) is 3.33. The Morgan fingerprint density at radius 1 is 1.33 bits per heavy atom. The molecule has 0 spiro atoms. The number of hydrogen-bond donors (Lipinski definition) is 1. The maximum Gasteiger partial charge on any atom is 0.123 e. The molecule has 1 unspecified atom stereocenters. The quantitative estimate of drug-likeness (QED) is 0.839. The largest absolute Gasteiger partial charge is 0.496 e. The molecule has 1 heterocycles. The third-order valence-corrected chi connectivity index (χ3v) is 4.09. The van der Waals surface area contributed by atoms with Crippen molar-refractivity contribution in [1.82, 2.24) is 5.32 Å². The van der Waals surface area contributed by atoms with Crippen LogP contribution in [0.4, 0.5) is 0 Å². The second kappa shape index (κ2) is 8.37. The maximum absolute atomic E-state index is 5.95. The summed E-state index contributed by atoms with van der Waals surface area (Å²) in [5.74, 6) is 1.55. The van der Waals surface area contributed by atoms with Crippen LogP contribution in [0.1, 0.15) is 30.0 Å². The first-order valence-electron chi connectivity index (χ1n) is 7.72. The van der Waals surface area contributed by atoms with Gasteiger partial charge in [-0.3, -0.25) is 0 Å².